The molecule has 0 amide bonds. The summed E-state index contributed by atoms with van der Waals surface area (Å²) >= 11 is 0. The van der Waals surface area contributed by atoms with E-state index in [4.69, 9.17) is 4.74 Å². The molecular weight excluding hydrogens is 318 g/mol. The molecule has 1 N–H and O–H groups in total. The second-order valence-electron chi connectivity index (χ2n) is 4.90. The Bertz CT molecular complexity index is 497. The van der Waals surface area contributed by atoms with Crippen LogP contribution < -0.4 is 10.1 Å². The first-order valence-corrected chi connectivity index (χ1v) is 6.81. The number of nitrogens with one attached hydrogen (secondary N) is 1. The molecule has 0 bridgehead atoms. The summed E-state index contributed by atoms with van der Waals surface area (Å²) in [7, 11) is 1.17. The Morgan fingerprint density at radius 1 is 1.45 bits per heavy atom. The lowest BCUT2D eigenvalue weighted by Gasteiger charge is -2.23. The summed E-state index contributed by atoms with van der Waals surface area (Å²) in [5.74, 6) is -0.380. The van der Waals surface area contributed by atoms with Crippen LogP contribution in [0.15, 0.2) is 12.3 Å². The summed E-state index contributed by atoms with van der Waals surface area (Å²) in [5, 5.41) is 3.23. The number of esters is 1. The molecule has 0 aliphatic carbocycles. The first kappa shape index (κ1) is 18.6. The van der Waals surface area contributed by atoms with Crippen LogP contribution >= 0.6 is 12.4 Å². The van der Waals surface area contributed by atoms with Crippen molar-refractivity contribution in [2.45, 2.75) is 19.3 Å². The number of pyridine rings is 1. The average Bonchev–Trinajstić information content (AvgIpc) is 2.52. The van der Waals surface area contributed by atoms with Gasteiger partial charge in [-0.2, -0.15) is 0 Å². The minimum atomic E-state index is -2.74. The van der Waals surface area contributed by atoms with E-state index in [1.807, 2.05) is 0 Å². The average molecular weight is 337 g/mol. The molecule has 0 saturated carbocycles. The Labute approximate surface area is 133 Å². The fraction of sp³-hybridized carbons (Fsp3) is 0.571. The van der Waals surface area contributed by atoms with Crippen molar-refractivity contribution in [1.29, 1.82) is 0 Å². The lowest BCUT2D eigenvalue weighted by atomic mass is 9.99. The standard InChI is InChI=1S/C14H18F2N2O3.ClH/c1-20-14(19)11-6-10(13(15)16)12(7-18-11)21-8-9-2-4-17-5-3-9;/h6-7,9,13,17H,2-5,8H2,1H3;1H. The van der Waals surface area contributed by atoms with E-state index in [2.05, 4.69) is 15.0 Å². The molecule has 1 aromatic rings. The molecule has 2 heterocycles. The Kier molecular flexibility index (Phi) is 7.47. The summed E-state index contributed by atoms with van der Waals surface area (Å²) in [4.78, 5) is 15.1. The van der Waals surface area contributed by atoms with Gasteiger partial charge in [0, 0.05) is 0 Å². The maximum atomic E-state index is 13.1. The Morgan fingerprint density at radius 3 is 2.73 bits per heavy atom. The van der Waals surface area contributed by atoms with Crippen molar-refractivity contribution in [3.8, 4) is 5.75 Å². The first-order chi connectivity index (χ1) is 10.1. The molecule has 1 fully saturated rings. The van der Waals surface area contributed by atoms with E-state index in [9.17, 15) is 13.6 Å². The highest BCUT2D eigenvalue weighted by Crippen LogP contribution is 2.29. The highest BCUT2D eigenvalue weighted by molar-refractivity contribution is 5.87. The van der Waals surface area contributed by atoms with Gasteiger partial charge in [-0.3, -0.25) is 0 Å². The molecule has 8 heteroatoms. The van der Waals surface area contributed by atoms with Gasteiger partial charge in [0.2, 0.25) is 0 Å². The number of hydrogen-bond donors (Lipinski definition) is 1. The number of rotatable bonds is 5. The summed E-state index contributed by atoms with van der Waals surface area (Å²) in [6, 6.07) is 1.02. The number of nitrogens with zero attached hydrogens (tertiary/aromatic N) is 1. The van der Waals surface area contributed by atoms with Crippen molar-refractivity contribution in [3.63, 3.8) is 0 Å². The summed E-state index contributed by atoms with van der Waals surface area (Å²) < 4.78 is 36.1. The largest absolute Gasteiger partial charge is 0.491 e. The van der Waals surface area contributed by atoms with Crippen LogP contribution in [0.2, 0.25) is 0 Å². The summed E-state index contributed by atoms with van der Waals surface area (Å²) in [6.45, 7) is 2.20. The van der Waals surface area contributed by atoms with Crippen molar-refractivity contribution in [3.05, 3.63) is 23.5 Å². The van der Waals surface area contributed by atoms with E-state index in [1.54, 1.807) is 0 Å². The van der Waals surface area contributed by atoms with Crippen molar-refractivity contribution in [2.75, 3.05) is 26.8 Å². The molecule has 0 spiro atoms. The lowest BCUT2D eigenvalue weighted by Crippen LogP contribution is -2.30. The van der Waals surface area contributed by atoms with Gasteiger partial charge in [0.1, 0.15) is 11.4 Å². The van der Waals surface area contributed by atoms with E-state index < -0.39 is 12.4 Å². The second kappa shape index (κ2) is 8.85. The number of halogens is 3. The predicted octanol–water partition coefficient (Wildman–Crippen LogP) is 2.61. The fourth-order valence-corrected chi connectivity index (χ4v) is 2.22. The molecule has 5 nitrogen and oxygen atoms in total. The number of hydrogen-bond acceptors (Lipinski definition) is 5. The molecule has 0 atom stereocenters. The quantitative estimate of drug-likeness (QED) is 0.837. The van der Waals surface area contributed by atoms with Crippen LogP contribution in [0.25, 0.3) is 0 Å². The highest BCUT2D eigenvalue weighted by Gasteiger charge is 2.20. The van der Waals surface area contributed by atoms with Gasteiger partial charge in [-0.1, -0.05) is 0 Å². The van der Waals surface area contributed by atoms with Crippen molar-refractivity contribution < 1.29 is 23.0 Å². The van der Waals surface area contributed by atoms with Gasteiger partial charge < -0.3 is 14.8 Å². The van der Waals surface area contributed by atoms with Gasteiger partial charge in [0.05, 0.1) is 25.5 Å². The maximum Gasteiger partial charge on any atom is 0.356 e. The fourth-order valence-electron chi connectivity index (χ4n) is 2.22. The number of alkyl halides is 2. The van der Waals surface area contributed by atoms with E-state index in [0.29, 0.717) is 12.5 Å². The molecule has 22 heavy (non-hydrogen) atoms. The second-order valence-corrected chi connectivity index (χ2v) is 4.90. The van der Waals surface area contributed by atoms with Gasteiger partial charge in [-0.15, -0.1) is 12.4 Å². The monoisotopic (exact) mass is 336 g/mol. The molecule has 0 unspecified atom stereocenters. The zero-order valence-electron chi connectivity index (χ0n) is 12.2. The number of aromatic nitrogens is 1. The van der Waals surface area contributed by atoms with Crippen molar-refractivity contribution in [2.24, 2.45) is 5.92 Å². The third-order valence-electron chi connectivity index (χ3n) is 3.46. The molecular formula is C14H19ClF2N2O3. The smallest absolute Gasteiger partial charge is 0.356 e. The van der Waals surface area contributed by atoms with Crippen LogP contribution in [0.3, 0.4) is 0 Å². The Morgan fingerprint density at radius 2 is 2.14 bits per heavy atom. The minimum Gasteiger partial charge on any atom is -0.491 e. The summed E-state index contributed by atoms with van der Waals surface area (Å²) in [6.07, 6.45) is 0.337. The zero-order chi connectivity index (χ0) is 15.2. The van der Waals surface area contributed by atoms with Crippen LogP contribution in [0.1, 0.15) is 35.3 Å². The molecule has 1 aliphatic heterocycles. The van der Waals surface area contributed by atoms with Gasteiger partial charge in [0.15, 0.2) is 0 Å². The number of piperidine rings is 1. The van der Waals surface area contributed by atoms with Crippen LogP contribution in [0, 0.1) is 5.92 Å². The minimum absolute atomic E-state index is 0. The summed E-state index contributed by atoms with van der Waals surface area (Å²) in [5.41, 5.74) is -0.485. The van der Waals surface area contributed by atoms with Crippen LogP contribution in [-0.4, -0.2) is 37.8 Å². The highest BCUT2D eigenvalue weighted by atomic mass is 35.5. The number of methoxy groups -OCH3 is 1. The topological polar surface area (TPSA) is 60.5 Å². The number of carbonyl (C=O) groups excluding carboxylic acids is 1. The molecule has 1 aliphatic rings. The molecule has 1 saturated heterocycles. The lowest BCUT2D eigenvalue weighted by molar-refractivity contribution is 0.0593. The number of ether oxygens (including phenoxy) is 2. The normalized spacial score (nSPS) is 15.3. The number of carbonyl (C=O) groups is 1. The maximum absolute atomic E-state index is 13.1. The van der Waals surface area contributed by atoms with Gasteiger partial charge in [0.25, 0.3) is 6.43 Å². The molecule has 0 aromatic carbocycles. The van der Waals surface area contributed by atoms with E-state index >= 15 is 0 Å². The van der Waals surface area contributed by atoms with Gasteiger partial charge >= 0.3 is 5.97 Å². The third kappa shape index (κ3) is 4.78. The zero-order valence-corrected chi connectivity index (χ0v) is 13.0. The van der Waals surface area contributed by atoms with Crippen LogP contribution in [0.4, 0.5) is 8.78 Å². The van der Waals surface area contributed by atoms with E-state index in [-0.39, 0.29) is 29.4 Å². The molecule has 124 valence electrons. The molecule has 0 radical (unpaired) electrons. The van der Waals surface area contributed by atoms with Gasteiger partial charge in [-0.05, 0) is 37.9 Å². The first-order valence-electron chi connectivity index (χ1n) is 6.81. The molecule has 1 aromatic heterocycles. The Hall–Kier alpha value is -1.47. The van der Waals surface area contributed by atoms with E-state index in [1.165, 1.54) is 7.11 Å². The molecule has 2 rings (SSSR count). The van der Waals surface area contributed by atoms with E-state index in [0.717, 1.165) is 38.2 Å². The van der Waals surface area contributed by atoms with Crippen LogP contribution in [-0.2, 0) is 4.74 Å². The predicted molar refractivity (Wildman–Crippen MR) is 78.9 cm³/mol. The third-order valence-corrected chi connectivity index (χ3v) is 3.46. The van der Waals surface area contributed by atoms with Crippen LogP contribution in [0.5, 0.6) is 5.75 Å². The van der Waals surface area contributed by atoms with Crippen molar-refractivity contribution >= 4 is 18.4 Å². The van der Waals surface area contributed by atoms with Gasteiger partial charge in [-0.25, -0.2) is 18.6 Å². The Balaban J connectivity index is 0.00000242. The SMILES string of the molecule is COC(=O)c1cc(C(F)F)c(OCC2CCNCC2)cn1.Cl. The van der Waals surface area contributed by atoms with Crippen molar-refractivity contribution in [1.82, 2.24) is 10.3 Å².